The fraction of sp³-hybridized carbons (Fsp3) is 0.400. The van der Waals surface area contributed by atoms with Crippen LogP contribution in [0.2, 0.25) is 5.02 Å². The predicted octanol–water partition coefficient (Wildman–Crippen LogP) is 8.35. The molecule has 254 valence electrons. The summed E-state index contributed by atoms with van der Waals surface area (Å²) in [6.07, 6.45) is 5.54. The van der Waals surface area contributed by atoms with Crippen LogP contribution in [-0.2, 0) is 11.2 Å². The molecule has 0 bridgehead atoms. The van der Waals surface area contributed by atoms with Crippen LogP contribution in [-0.4, -0.2) is 56.7 Å². The lowest BCUT2D eigenvalue weighted by atomic mass is 9.99. The Morgan fingerprint density at radius 2 is 1.55 bits per heavy atom. The van der Waals surface area contributed by atoms with E-state index in [1.54, 1.807) is 46.3 Å². The first kappa shape index (κ1) is 36.1. The third-order valence-corrected chi connectivity index (χ3v) is 8.78. The van der Waals surface area contributed by atoms with E-state index >= 15 is 0 Å². The maximum Gasteiger partial charge on any atom is 0.345 e. The molecule has 0 radical (unpaired) electrons. The predicted molar refractivity (Wildman–Crippen MR) is 182 cm³/mol. The Morgan fingerprint density at radius 3 is 2.11 bits per heavy atom. The highest BCUT2D eigenvalue weighted by Crippen LogP contribution is 2.47. The normalized spacial score (nSPS) is 16.5. The Hall–Kier alpha value is -3.77. The number of hydrogen-bond acceptors (Lipinski definition) is 9. The summed E-state index contributed by atoms with van der Waals surface area (Å²) in [6.45, 7) is 4.08. The zero-order chi connectivity index (χ0) is 33.9. The molecule has 0 saturated carbocycles. The number of thioether (sulfide) groups is 1. The van der Waals surface area contributed by atoms with Gasteiger partial charge in [-0.15, -0.1) is 0 Å². The van der Waals surface area contributed by atoms with Crippen molar-refractivity contribution in [3.05, 3.63) is 82.5 Å². The summed E-state index contributed by atoms with van der Waals surface area (Å²) in [5.74, 6) is 2.84. The average molecular weight is 687 g/mol. The summed E-state index contributed by atoms with van der Waals surface area (Å²) < 4.78 is 35.6. The number of benzene rings is 3. The van der Waals surface area contributed by atoms with Crippen molar-refractivity contribution in [1.82, 2.24) is 10.4 Å². The monoisotopic (exact) mass is 686 g/mol. The van der Waals surface area contributed by atoms with Crippen molar-refractivity contribution < 1.29 is 38.4 Å². The van der Waals surface area contributed by atoms with E-state index in [2.05, 4.69) is 11.4 Å². The van der Waals surface area contributed by atoms with Crippen molar-refractivity contribution in [1.29, 1.82) is 0 Å². The second-order valence-corrected chi connectivity index (χ2v) is 12.6. The smallest absolute Gasteiger partial charge is 0.345 e. The summed E-state index contributed by atoms with van der Waals surface area (Å²) in [7, 11) is 6.38. The quantitative estimate of drug-likeness (QED) is 0.0706. The molecule has 1 aliphatic heterocycles. The van der Waals surface area contributed by atoms with E-state index < -0.39 is 6.03 Å². The fourth-order valence-electron chi connectivity index (χ4n) is 5.32. The number of rotatable bonds is 15. The van der Waals surface area contributed by atoms with Crippen molar-refractivity contribution in [2.75, 3.05) is 35.0 Å². The first-order valence-corrected chi connectivity index (χ1v) is 16.6. The Labute approximate surface area is 285 Å². The molecule has 3 atom stereocenters. The number of halogens is 1. The van der Waals surface area contributed by atoms with E-state index in [4.69, 9.17) is 40.0 Å². The molecular weight excluding hydrogens is 644 g/mol. The SMILES string of the molecule is CCCN(O)C(=O)N/C=C/Cc1cc(C2CCC(c3cc(OC)c(OC)c(OC)c3)O2)cc(OC)c1OC(C)Sc1ccc(Cl)cc1. The Balaban J connectivity index is 1.60. The first-order chi connectivity index (χ1) is 22.7. The number of methoxy groups -OCH3 is 4. The molecular formula is C35H43ClN2O8S. The zero-order valence-corrected chi connectivity index (χ0v) is 29.2. The second-order valence-electron chi connectivity index (χ2n) is 10.8. The lowest BCUT2D eigenvalue weighted by Gasteiger charge is -2.22. The standard InChI is InChI=1S/C35H43ClN2O8S/c1-7-17-38(40)35(39)37-16-8-9-23-18-24(19-30(41-3)33(23)45-22(2)47-27-12-10-26(36)11-13-27)28-14-15-29(46-28)25-20-31(42-4)34(44-6)32(21-25)43-5/h8,10-13,16,18-22,28-29,40H,7,9,14-15,17H2,1-6H3,(H,37,39)/b16-8+. The number of amides is 2. The molecule has 12 heteroatoms. The number of carbonyl (C=O) groups excluding carboxylic acids is 1. The molecule has 4 rings (SSSR count). The summed E-state index contributed by atoms with van der Waals surface area (Å²) in [5.41, 5.74) is 2.46. The van der Waals surface area contributed by atoms with Crippen LogP contribution in [0.3, 0.4) is 0 Å². The van der Waals surface area contributed by atoms with Crippen molar-refractivity contribution in [3.8, 4) is 28.7 Å². The van der Waals surface area contributed by atoms with Gasteiger partial charge in [0.25, 0.3) is 0 Å². The van der Waals surface area contributed by atoms with Gasteiger partial charge in [0.2, 0.25) is 5.75 Å². The maximum atomic E-state index is 12.2. The number of ether oxygens (including phenoxy) is 6. The molecule has 3 unspecified atom stereocenters. The highest BCUT2D eigenvalue weighted by molar-refractivity contribution is 7.99. The number of urea groups is 1. The fourth-order valence-corrected chi connectivity index (χ4v) is 6.27. The largest absolute Gasteiger partial charge is 0.493 e. The van der Waals surface area contributed by atoms with Crippen LogP contribution in [0.1, 0.15) is 62.0 Å². The molecule has 1 saturated heterocycles. The van der Waals surface area contributed by atoms with E-state index in [-0.39, 0.29) is 24.2 Å². The van der Waals surface area contributed by atoms with Crippen LogP contribution in [0.4, 0.5) is 4.79 Å². The van der Waals surface area contributed by atoms with Gasteiger partial charge in [-0.1, -0.05) is 36.4 Å². The van der Waals surface area contributed by atoms with Gasteiger partial charge in [0.1, 0.15) is 5.44 Å². The average Bonchev–Trinajstić information content (AvgIpc) is 3.58. The van der Waals surface area contributed by atoms with E-state index in [0.29, 0.717) is 51.7 Å². The van der Waals surface area contributed by atoms with Crippen molar-refractivity contribution in [3.63, 3.8) is 0 Å². The lowest BCUT2D eigenvalue weighted by molar-refractivity contribution is -0.0415. The van der Waals surface area contributed by atoms with Crippen LogP contribution in [0, 0.1) is 0 Å². The molecule has 2 N–H and O–H groups in total. The number of nitrogens with zero attached hydrogens (tertiary/aromatic N) is 1. The summed E-state index contributed by atoms with van der Waals surface area (Å²) in [6, 6.07) is 14.8. The molecule has 47 heavy (non-hydrogen) atoms. The third kappa shape index (κ3) is 9.41. The van der Waals surface area contributed by atoms with Gasteiger partial charge < -0.3 is 33.7 Å². The maximum absolute atomic E-state index is 12.2. The Kier molecular flexibility index (Phi) is 13.4. The molecule has 2 amide bonds. The summed E-state index contributed by atoms with van der Waals surface area (Å²) in [4.78, 5) is 13.2. The van der Waals surface area contributed by atoms with E-state index in [9.17, 15) is 10.0 Å². The highest BCUT2D eigenvalue weighted by atomic mass is 35.5. The molecule has 0 aliphatic carbocycles. The number of hydrogen-bond donors (Lipinski definition) is 2. The minimum atomic E-state index is -0.601. The van der Waals surface area contributed by atoms with Gasteiger partial charge in [-0.05, 0) is 92.3 Å². The topological polar surface area (TPSA) is 108 Å². The lowest BCUT2D eigenvalue weighted by Crippen LogP contribution is -2.35. The molecule has 1 heterocycles. The molecule has 0 spiro atoms. The first-order valence-electron chi connectivity index (χ1n) is 15.4. The van der Waals surface area contributed by atoms with Crippen molar-refractivity contribution in [2.24, 2.45) is 0 Å². The third-order valence-electron chi connectivity index (χ3n) is 7.56. The van der Waals surface area contributed by atoms with Crippen LogP contribution in [0.15, 0.2) is 65.7 Å². The number of carbonyl (C=O) groups is 1. The number of nitrogens with one attached hydrogen (secondary N) is 1. The minimum absolute atomic E-state index is 0.186. The van der Waals surface area contributed by atoms with Gasteiger partial charge in [-0.3, -0.25) is 5.21 Å². The molecule has 1 aliphatic rings. The number of hydroxylamine groups is 2. The number of allylic oxidation sites excluding steroid dienone is 1. The molecule has 1 fully saturated rings. The van der Waals surface area contributed by atoms with Crippen molar-refractivity contribution in [2.45, 2.75) is 62.1 Å². The van der Waals surface area contributed by atoms with Gasteiger partial charge >= 0.3 is 6.03 Å². The second kappa shape index (κ2) is 17.4. The summed E-state index contributed by atoms with van der Waals surface area (Å²) in [5, 5.41) is 13.8. The van der Waals surface area contributed by atoms with Gasteiger partial charge in [-0.2, -0.15) is 0 Å². The minimum Gasteiger partial charge on any atom is -0.493 e. The Bertz CT molecular complexity index is 1500. The highest BCUT2D eigenvalue weighted by Gasteiger charge is 2.31. The molecule has 3 aromatic carbocycles. The van der Waals surface area contributed by atoms with E-state index in [1.807, 2.05) is 56.3 Å². The van der Waals surface area contributed by atoms with Crippen molar-refractivity contribution >= 4 is 29.4 Å². The van der Waals surface area contributed by atoms with Gasteiger partial charge in [-0.25, -0.2) is 9.86 Å². The van der Waals surface area contributed by atoms with E-state index in [0.717, 1.165) is 34.4 Å². The molecule has 10 nitrogen and oxygen atoms in total. The molecule has 0 aromatic heterocycles. The molecule has 3 aromatic rings. The van der Waals surface area contributed by atoms with Crippen LogP contribution < -0.4 is 29.0 Å². The van der Waals surface area contributed by atoms with Crippen LogP contribution >= 0.6 is 23.4 Å². The van der Waals surface area contributed by atoms with Gasteiger partial charge in [0.05, 0.1) is 40.6 Å². The zero-order valence-electron chi connectivity index (χ0n) is 27.6. The Morgan fingerprint density at radius 1 is 0.979 bits per heavy atom. The van der Waals surface area contributed by atoms with Crippen LogP contribution in [0.25, 0.3) is 0 Å². The van der Waals surface area contributed by atoms with Gasteiger partial charge in [0.15, 0.2) is 23.0 Å². The van der Waals surface area contributed by atoms with E-state index in [1.165, 1.54) is 6.20 Å². The summed E-state index contributed by atoms with van der Waals surface area (Å²) >= 11 is 7.62. The van der Waals surface area contributed by atoms with Crippen LogP contribution in [0.5, 0.6) is 28.7 Å². The van der Waals surface area contributed by atoms with Gasteiger partial charge in [0, 0.05) is 28.2 Å².